The molecule has 9 nitrogen and oxygen atoms in total. The minimum atomic E-state index is -1.000. The van der Waals surface area contributed by atoms with Gasteiger partial charge in [0.05, 0.1) is 5.02 Å². The van der Waals surface area contributed by atoms with Gasteiger partial charge in [0.2, 0.25) is 17.7 Å². The predicted molar refractivity (Wildman–Crippen MR) is 138 cm³/mol. The molecular formula is C26H27Cl2N5O4. The summed E-state index contributed by atoms with van der Waals surface area (Å²) >= 11 is 12.5. The Hall–Kier alpha value is -3.04. The van der Waals surface area contributed by atoms with Gasteiger partial charge in [0, 0.05) is 34.9 Å². The second-order valence-corrected chi connectivity index (χ2v) is 11.4. The number of benzene rings is 1. The first-order chi connectivity index (χ1) is 17.7. The van der Waals surface area contributed by atoms with Crippen LogP contribution in [0.4, 0.5) is 0 Å². The Morgan fingerprint density at radius 1 is 1.16 bits per heavy atom. The highest BCUT2D eigenvalue weighted by Crippen LogP contribution is 2.54. The van der Waals surface area contributed by atoms with Crippen LogP contribution >= 0.6 is 23.2 Å². The zero-order valence-electron chi connectivity index (χ0n) is 19.9. The molecule has 3 heterocycles. The van der Waals surface area contributed by atoms with Crippen molar-refractivity contribution in [3.63, 3.8) is 0 Å². The number of amides is 4. The summed E-state index contributed by atoms with van der Waals surface area (Å²) in [7, 11) is 0. The molecule has 2 aliphatic heterocycles. The number of fused-ring (bicyclic) bond motifs is 6. The topological polar surface area (TPSA) is 137 Å². The number of allylic oxidation sites excluding steroid dienone is 2. The third-order valence-electron chi connectivity index (χ3n) is 8.55. The number of nitrogens with one attached hydrogen (secondary N) is 3. The van der Waals surface area contributed by atoms with E-state index >= 15 is 0 Å². The summed E-state index contributed by atoms with van der Waals surface area (Å²) in [6.45, 7) is 0.968. The van der Waals surface area contributed by atoms with Crippen molar-refractivity contribution in [1.82, 2.24) is 20.5 Å². The van der Waals surface area contributed by atoms with Crippen molar-refractivity contribution in [3.05, 3.63) is 46.1 Å². The van der Waals surface area contributed by atoms with Crippen LogP contribution in [-0.2, 0) is 14.4 Å². The van der Waals surface area contributed by atoms with Crippen molar-refractivity contribution < 1.29 is 19.2 Å². The molecule has 4 aliphatic rings. The van der Waals surface area contributed by atoms with Gasteiger partial charge in [-0.15, -0.1) is 0 Å². The standard InChI is InChI=1S/C26H27Cl2N5O4/c27-14-7-17(28)15-9-20(31-18(15)8-14)26(37)33-10-16-11-1-2-12(5-11)21(16)22(33)25(36)32-19(23(29)34)6-13-3-4-30-24(13)35/h1-2,7-9,11-13,16,19,21-22,31H,3-6,10H2,(H2,29,34)(H,30,35)(H,32,36)/t11-,12+,13+,16-,19+,21+,22+/m1/s1. The lowest BCUT2D eigenvalue weighted by Crippen LogP contribution is -2.55. The summed E-state index contributed by atoms with van der Waals surface area (Å²) in [5.74, 6) is -1.36. The molecule has 0 unspecified atom stereocenters. The van der Waals surface area contributed by atoms with Crippen molar-refractivity contribution in [1.29, 1.82) is 0 Å². The Balaban J connectivity index is 1.29. The Labute approximate surface area is 223 Å². The van der Waals surface area contributed by atoms with Gasteiger partial charge < -0.3 is 26.3 Å². The molecule has 4 amide bonds. The summed E-state index contributed by atoms with van der Waals surface area (Å²) in [6, 6.07) is 3.23. The Kier molecular flexibility index (Phi) is 5.95. The number of halogens is 2. The smallest absolute Gasteiger partial charge is 0.271 e. The molecule has 1 aromatic carbocycles. The fraction of sp³-hybridized carbons (Fsp3) is 0.462. The van der Waals surface area contributed by atoms with Crippen LogP contribution in [0.5, 0.6) is 0 Å². The zero-order chi connectivity index (χ0) is 26.0. The number of hydrogen-bond donors (Lipinski definition) is 4. The number of rotatable bonds is 6. The Morgan fingerprint density at radius 3 is 2.68 bits per heavy atom. The van der Waals surface area contributed by atoms with Crippen LogP contribution in [0, 0.1) is 29.6 Å². The first-order valence-electron chi connectivity index (χ1n) is 12.6. The number of primary amides is 1. The van der Waals surface area contributed by atoms with E-state index in [1.54, 1.807) is 23.1 Å². The van der Waals surface area contributed by atoms with Gasteiger partial charge in [0.15, 0.2) is 0 Å². The van der Waals surface area contributed by atoms with E-state index in [1.165, 1.54) is 0 Å². The van der Waals surface area contributed by atoms with Crippen LogP contribution < -0.4 is 16.4 Å². The van der Waals surface area contributed by atoms with Gasteiger partial charge in [-0.1, -0.05) is 35.4 Å². The van der Waals surface area contributed by atoms with E-state index < -0.39 is 23.9 Å². The number of H-pyrrole nitrogens is 1. The van der Waals surface area contributed by atoms with Gasteiger partial charge in [-0.3, -0.25) is 19.2 Å². The molecule has 0 spiro atoms. The summed E-state index contributed by atoms with van der Waals surface area (Å²) in [5, 5.41) is 7.08. The number of carbonyl (C=O) groups excluding carboxylic acids is 4. The summed E-state index contributed by atoms with van der Waals surface area (Å²) < 4.78 is 0. The Bertz CT molecular complexity index is 1360. The predicted octanol–water partition coefficient (Wildman–Crippen LogP) is 2.23. The number of carbonyl (C=O) groups is 4. The fourth-order valence-electron chi connectivity index (χ4n) is 6.85. The summed E-state index contributed by atoms with van der Waals surface area (Å²) in [4.78, 5) is 56.6. The lowest BCUT2D eigenvalue weighted by molar-refractivity contribution is -0.132. The molecular weight excluding hydrogens is 517 g/mol. The monoisotopic (exact) mass is 543 g/mol. The second-order valence-electron chi connectivity index (χ2n) is 10.6. The van der Waals surface area contributed by atoms with Gasteiger partial charge in [0.1, 0.15) is 17.8 Å². The molecule has 194 valence electrons. The highest BCUT2D eigenvalue weighted by molar-refractivity contribution is 6.38. The second kappa shape index (κ2) is 9.06. The normalized spacial score (nSPS) is 30.5. The maximum Gasteiger partial charge on any atom is 0.271 e. The molecule has 6 rings (SSSR count). The zero-order valence-corrected chi connectivity index (χ0v) is 21.4. The van der Waals surface area contributed by atoms with Crippen molar-refractivity contribution in [2.24, 2.45) is 35.3 Å². The maximum absolute atomic E-state index is 13.8. The molecule has 5 N–H and O–H groups in total. The molecule has 0 radical (unpaired) electrons. The average Bonchev–Trinajstić information content (AvgIpc) is 3.65. The lowest BCUT2D eigenvalue weighted by atomic mass is 9.81. The van der Waals surface area contributed by atoms with Crippen molar-refractivity contribution >= 4 is 57.7 Å². The fourth-order valence-corrected chi connectivity index (χ4v) is 7.40. The van der Waals surface area contributed by atoms with E-state index in [-0.39, 0.29) is 41.9 Å². The van der Waals surface area contributed by atoms with Crippen molar-refractivity contribution in [3.8, 4) is 0 Å². The third-order valence-corrected chi connectivity index (χ3v) is 9.08. The third kappa shape index (κ3) is 4.08. The van der Waals surface area contributed by atoms with Crippen LogP contribution in [0.15, 0.2) is 30.4 Å². The van der Waals surface area contributed by atoms with E-state index in [0.29, 0.717) is 52.1 Å². The molecule has 37 heavy (non-hydrogen) atoms. The molecule has 3 fully saturated rings. The number of nitrogens with two attached hydrogens (primary N) is 1. The highest BCUT2D eigenvalue weighted by atomic mass is 35.5. The largest absolute Gasteiger partial charge is 0.368 e. The molecule has 1 saturated carbocycles. The molecule has 2 aromatic rings. The quantitative estimate of drug-likeness (QED) is 0.415. The van der Waals surface area contributed by atoms with E-state index in [9.17, 15) is 19.2 Å². The maximum atomic E-state index is 13.8. The lowest BCUT2D eigenvalue weighted by Gasteiger charge is -2.30. The van der Waals surface area contributed by atoms with Gasteiger partial charge in [-0.2, -0.15) is 0 Å². The van der Waals surface area contributed by atoms with Crippen molar-refractivity contribution in [2.75, 3.05) is 13.1 Å². The number of nitrogens with zero attached hydrogens (tertiary/aromatic N) is 1. The number of aromatic nitrogens is 1. The van der Waals surface area contributed by atoms with E-state index in [1.807, 2.05) is 0 Å². The average molecular weight is 544 g/mol. The van der Waals surface area contributed by atoms with Gasteiger partial charge in [-0.25, -0.2) is 0 Å². The first-order valence-corrected chi connectivity index (χ1v) is 13.3. The minimum Gasteiger partial charge on any atom is -0.368 e. The molecule has 2 aliphatic carbocycles. The Morgan fingerprint density at radius 2 is 1.95 bits per heavy atom. The SMILES string of the molecule is NC(=O)[C@H](C[C@@H]1CCNC1=O)NC(=O)[C@@H]1[C@@H]2[C@H](CN1C(=O)c1cc3c(Cl)cc(Cl)cc3[nH]1)[C@@H]1C=C[C@H]2C1. The number of aromatic amines is 1. The first kappa shape index (κ1) is 24.3. The molecule has 11 heteroatoms. The summed E-state index contributed by atoms with van der Waals surface area (Å²) in [6.07, 6.45) is 6.00. The van der Waals surface area contributed by atoms with Crippen molar-refractivity contribution in [2.45, 2.75) is 31.3 Å². The summed E-state index contributed by atoms with van der Waals surface area (Å²) in [5.41, 5.74) is 6.57. The van der Waals surface area contributed by atoms with Crippen LogP contribution in [0.3, 0.4) is 0 Å². The van der Waals surface area contributed by atoms with E-state index in [0.717, 1.165) is 6.42 Å². The molecule has 2 bridgehead atoms. The van der Waals surface area contributed by atoms with E-state index in [4.69, 9.17) is 28.9 Å². The number of likely N-dealkylation sites (tertiary alicyclic amines) is 1. The molecule has 2 saturated heterocycles. The number of hydrogen-bond acceptors (Lipinski definition) is 4. The van der Waals surface area contributed by atoms with Crippen LogP contribution in [0.25, 0.3) is 10.9 Å². The minimum absolute atomic E-state index is 0.0512. The van der Waals surface area contributed by atoms with Gasteiger partial charge >= 0.3 is 0 Å². The van der Waals surface area contributed by atoms with Crippen LogP contribution in [0.1, 0.15) is 29.8 Å². The van der Waals surface area contributed by atoms with Crippen LogP contribution in [-0.4, -0.2) is 58.7 Å². The van der Waals surface area contributed by atoms with Crippen LogP contribution in [0.2, 0.25) is 10.0 Å². The highest BCUT2D eigenvalue weighted by Gasteiger charge is 2.58. The molecule has 1 aromatic heterocycles. The van der Waals surface area contributed by atoms with E-state index in [2.05, 4.69) is 27.8 Å². The van der Waals surface area contributed by atoms with Gasteiger partial charge in [-0.05, 0) is 61.1 Å². The molecule has 7 atom stereocenters. The van der Waals surface area contributed by atoms with Gasteiger partial charge in [0.25, 0.3) is 5.91 Å².